The van der Waals surface area contributed by atoms with Crippen molar-refractivity contribution in [3.8, 4) is 0 Å². The van der Waals surface area contributed by atoms with Crippen molar-refractivity contribution in [3.05, 3.63) is 77.6 Å². The molecule has 4 aromatic rings. The number of hydrogen-bond acceptors (Lipinski definition) is 2. The van der Waals surface area contributed by atoms with E-state index in [0.29, 0.717) is 18.0 Å². The molecule has 4 nitrogen and oxygen atoms in total. The molecule has 2 aromatic carbocycles. The van der Waals surface area contributed by atoms with Crippen LogP contribution in [-0.4, -0.2) is 15.5 Å². The number of pyridine rings is 1. The van der Waals surface area contributed by atoms with Gasteiger partial charge in [0.25, 0.3) is 0 Å². The molecule has 0 saturated carbocycles. The lowest BCUT2D eigenvalue weighted by molar-refractivity contribution is 0.100. The van der Waals surface area contributed by atoms with Gasteiger partial charge in [-0.1, -0.05) is 32.0 Å². The maximum Gasteiger partial charge on any atom is 0.249 e. The average molecular weight is 343 g/mol. The van der Waals surface area contributed by atoms with Crippen LogP contribution < -0.4 is 5.73 Å². The smallest absolute Gasteiger partial charge is 0.249 e. The predicted molar refractivity (Wildman–Crippen MR) is 105 cm³/mol. The molecule has 0 unspecified atom stereocenters. The van der Waals surface area contributed by atoms with Crippen LogP contribution in [0.3, 0.4) is 0 Å². The normalized spacial score (nSPS) is 11.5. The predicted octanol–water partition coefficient (Wildman–Crippen LogP) is 4.46. The molecule has 4 heteroatoms. The number of carbonyl (C=O) groups is 1. The Hall–Kier alpha value is -3.14. The summed E-state index contributed by atoms with van der Waals surface area (Å²) >= 11 is 0. The van der Waals surface area contributed by atoms with E-state index >= 15 is 0 Å². The Bertz CT molecular complexity index is 1110. The van der Waals surface area contributed by atoms with Gasteiger partial charge < -0.3 is 10.3 Å². The van der Waals surface area contributed by atoms with Crippen molar-refractivity contribution in [1.29, 1.82) is 0 Å². The number of aromatic nitrogens is 2. The molecule has 0 saturated heterocycles. The van der Waals surface area contributed by atoms with Crippen LogP contribution in [0.25, 0.3) is 21.8 Å². The second-order valence-corrected chi connectivity index (χ2v) is 6.94. The summed E-state index contributed by atoms with van der Waals surface area (Å²) in [6.45, 7) is 5.09. The number of amides is 1. The molecule has 0 fully saturated rings. The standard InChI is InChI=1S/C22H21N3O/c1-14(2)16-6-7-17-20(12-16)25(13-15-8-10-24-11-9-15)19-5-3-4-18(21(17)19)22(23)26/h3-12,14H,13H2,1-2H3,(H2,23,26). The zero-order chi connectivity index (χ0) is 18.3. The van der Waals surface area contributed by atoms with E-state index in [0.717, 1.165) is 21.8 Å². The van der Waals surface area contributed by atoms with Crippen LogP contribution in [0.2, 0.25) is 0 Å². The van der Waals surface area contributed by atoms with Crippen LogP contribution in [0.1, 0.15) is 41.3 Å². The van der Waals surface area contributed by atoms with E-state index in [1.54, 1.807) is 18.5 Å². The van der Waals surface area contributed by atoms with Crippen molar-refractivity contribution >= 4 is 27.7 Å². The fraction of sp³-hybridized carbons (Fsp3) is 0.182. The van der Waals surface area contributed by atoms with Crippen molar-refractivity contribution in [2.24, 2.45) is 5.73 Å². The molecule has 2 N–H and O–H groups in total. The van der Waals surface area contributed by atoms with Gasteiger partial charge in [-0.25, -0.2) is 0 Å². The molecular weight excluding hydrogens is 322 g/mol. The Kier molecular flexibility index (Phi) is 3.96. The Balaban J connectivity index is 2.07. The largest absolute Gasteiger partial charge is 0.366 e. The van der Waals surface area contributed by atoms with Crippen molar-refractivity contribution in [2.45, 2.75) is 26.3 Å². The SMILES string of the molecule is CC(C)c1ccc2c3c(C(N)=O)cccc3n(Cc3ccncc3)c2c1. The molecule has 0 aliphatic carbocycles. The Morgan fingerprint density at radius 1 is 1.08 bits per heavy atom. The first-order valence-electron chi connectivity index (χ1n) is 8.80. The number of nitrogens with two attached hydrogens (primary N) is 1. The maximum atomic E-state index is 12.0. The van der Waals surface area contributed by atoms with Crippen LogP contribution in [0.4, 0.5) is 0 Å². The minimum absolute atomic E-state index is 0.397. The Morgan fingerprint density at radius 3 is 2.54 bits per heavy atom. The summed E-state index contributed by atoms with van der Waals surface area (Å²) in [6.07, 6.45) is 3.61. The van der Waals surface area contributed by atoms with E-state index in [2.05, 4.69) is 47.7 Å². The van der Waals surface area contributed by atoms with E-state index in [-0.39, 0.29) is 0 Å². The molecule has 2 aromatic heterocycles. The van der Waals surface area contributed by atoms with Crippen molar-refractivity contribution in [2.75, 3.05) is 0 Å². The second-order valence-electron chi connectivity index (χ2n) is 6.94. The number of carbonyl (C=O) groups excluding carboxylic acids is 1. The molecule has 0 radical (unpaired) electrons. The summed E-state index contributed by atoms with van der Waals surface area (Å²) < 4.78 is 2.26. The zero-order valence-corrected chi connectivity index (χ0v) is 14.9. The summed E-state index contributed by atoms with van der Waals surface area (Å²) in [5.41, 5.74) is 10.8. The molecule has 0 atom stereocenters. The van der Waals surface area contributed by atoms with Gasteiger partial charge in [0.2, 0.25) is 5.91 Å². The highest BCUT2D eigenvalue weighted by molar-refractivity contribution is 6.18. The highest BCUT2D eigenvalue weighted by Crippen LogP contribution is 2.34. The molecular formula is C22H21N3O. The third-order valence-electron chi connectivity index (χ3n) is 4.94. The second kappa shape index (κ2) is 6.30. The van der Waals surface area contributed by atoms with Gasteiger partial charge in [-0.2, -0.15) is 0 Å². The van der Waals surface area contributed by atoms with E-state index in [9.17, 15) is 4.79 Å². The molecule has 0 aliphatic rings. The van der Waals surface area contributed by atoms with Crippen LogP contribution >= 0.6 is 0 Å². The highest BCUT2D eigenvalue weighted by Gasteiger charge is 2.17. The third-order valence-corrected chi connectivity index (χ3v) is 4.94. The number of rotatable bonds is 4. The van der Waals surface area contributed by atoms with E-state index in [4.69, 9.17) is 5.73 Å². The molecule has 4 rings (SSSR count). The monoisotopic (exact) mass is 343 g/mol. The maximum absolute atomic E-state index is 12.0. The number of primary amides is 1. The number of hydrogen-bond donors (Lipinski definition) is 1. The first kappa shape index (κ1) is 16.3. The highest BCUT2D eigenvalue weighted by atomic mass is 16.1. The zero-order valence-electron chi connectivity index (χ0n) is 14.9. The number of fused-ring (bicyclic) bond motifs is 3. The number of nitrogens with zero attached hydrogens (tertiary/aromatic N) is 2. The number of benzene rings is 2. The molecule has 26 heavy (non-hydrogen) atoms. The molecule has 0 spiro atoms. The van der Waals surface area contributed by atoms with Gasteiger partial charge in [0.05, 0.1) is 5.52 Å². The van der Waals surface area contributed by atoms with Gasteiger partial charge in [0.1, 0.15) is 0 Å². The van der Waals surface area contributed by atoms with E-state index in [1.165, 1.54) is 11.1 Å². The molecule has 130 valence electrons. The summed E-state index contributed by atoms with van der Waals surface area (Å²) in [4.78, 5) is 16.1. The topological polar surface area (TPSA) is 60.9 Å². The summed E-state index contributed by atoms with van der Waals surface area (Å²) in [7, 11) is 0. The van der Waals surface area contributed by atoms with E-state index in [1.807, 2.05) is 18.2 Å². The molecule has 1 amide bonds. The quantitative estimate of drug-likeness (QED) is 0.595. The van der Waals surface area contributed by atoms with E-state index < -0.39 is 5.91 Å². The van der Waals surface area contributed by atoms with Gasteiger partial charge >= 0.3 is 0 Å². The third kappa shape index (κ3) is 2.64. The van der Waals surface area contributed by atoms with Crippen LogP contribution in [-0.2, 0) is 6.54 Å². The Labute approximate surface area is 152 Å². The molecule has 0 aliphatic heterocycles. The van der Waals surface area contributed by atoms with Crippen LogP contribution in [0.5, 0.6) is 0 Å². The van der Waals surface area contributed by atoms with Gasteiger partial charge in [0, 0.05) is 40.8 Å². The van der Waals surface area contributed by atoms with Gasteiger partial charge in [-0.3, -0.25) is 9.78 Å². The average Bonchev–Trinajstić information content (AvgIpc) is 2.96. The fourth-order valence-corrected chi connectivity index (χ4v) is 3.57. The first-order chi connectivity index (χ1) is 12.6. The molecule has 0 bridgehead atoms. The Morgan fingerprint density at radius 2 is 1.85 bits per heavy atom. The van der Waals surface area contributed by atoms with Gasteiger partial charge in [-0.05, 0) is 47.4 Å². The van der Waals surface area contributed by atoms with Gasteiger partial charge in [0.15, 0.2) is 0 Å². The lowest BCUT2D eigenvalue weighted by atomic mass is 10.00. The summed E-state index contributed by atoms with van der Waals surface area (Å²) in [5.74, 6) is 0.0360. The molecule has 2 heterocycles. The summed E-state index contributed by atoms with van der Waals surface area (Å²) in [5, 5.41) is 1.99. The van der Waals surface area contributed by atoms with Crippen molar-refractivity contribution in [3.63, 3.8) is 0 Å². The lowest BCUT2D eigenvalue weighted by Gasteiger charge is -2.10. The van der Waals surface area contributed by atoms with Crippen LogP contribution in [0.15, 0.2) is 60.9 Å². The fourth-order valence-electron chi connectivity index (χ4n) is 3.57. The minimum atomic E-state index is -0.397. The first-order valence-corrected chi connectivity index (χ1v) is 8.80. The van der Waals surface area contributed by atoms with Crippen molar-refractivity contribution in [1.82, 2.24) is 9.55 Å². The lowest BCUT2D eigenvalue weighted by Crippen LogP contribution is -2.11. The minimum Gasteiger partial charge on any atom is -0.366 e. The van der Waals surface area contributed by atoms with Crippen molar-refractivity contribution < 1.29 is 4.79 Å². The summed E-state index contributed by atoms with van der Waals surface area (Å²) in [6, 6.07) is 16.3. The van der Waals surface area contributed by atoms with Gasteiger partial charge in [-0.15, -0.1) is 0 Å². The van der Waals surface area contributed by atoms with Crippen LogP contribution in [0, 0.1) is 0 Å².